The first-order valence-electron chi connectivity index (χ1n) is 9.28. The molecule has 1 fully saturated rings. The third-order valence-electron chi connectivity index (χ3n) is 5.57. The first-order chi connectivity index (χ1) is 12.9. The van der Waals surface area contributed by atoms with Gasteiger partial charge in [-0.1, -0.05) is 32.6 Å². The zero-order valence-electron chi connectivity index (χ0n) is 16.5. The van der Waals surface area contributed by atoms with Crippen LogP contribution in [0, 0.1) is 29.9 Å². The maximum Gasteiger partial charge on any atom is 0.249 e. The molecular weight excluding hydrogens is 366 g/mol. The standard InChI is InChI=1S/C23H25F4N/c1-13-10-18(11-16(21(13)25)12-23(5,26)27)28-14(2)19-20(22(19,3)4)15-6-8-17(24)9-7-15/h6-11,19-20,28H,2,12H2,1,3-5H3. The normalized spacial score (nSPS) is 20.7. The van der Waals surface area contributed by atoms with Crippen LogP contribution < -0.4 is 5.32 Å². The molecule has 2 aromatic carbocycles. The van der Waals surface area contributed by atoms with Crippen LogP contribution >= 0.6 is 0 Å². The average molecular weight is 391 g/mol. The van der Waals surface area contributed by atoms with Crippen LogP contribution in [-0.4, -0.2) is 5.92 Å². The molecule has 0 radical (unpaired) electrons. The number of hydrogen-bond acceptors (Lipinski definition) is 1. The number of halogens is 4. The van der Waals surface area contributed by atoms with Gasteiger partial charge in [-0.3, -0.25) is 0 Å². The molecule has 0 bridgehead atoms. The first kappa shape index (κ1) is 20.4. The van der Waals surface area contributed by atoms with Crippen LogP contribution in [0.25, 0.3) is 0 Å². The summed E-state index contributed by atoms with van der Waals surface area (Å²) in [6, 6.07) is 9.46. The van der Waals surface area contributed by atoms with Crippen molar-refractivity contribution in [2.24, 2.45) is 11.3 Å². The summed E-state index contributed by atoms with van der Waals surface area (Å²) in [5, 5.41) is 3.18. The van der Waals surface area contributed by atoms with Gasteiger partial charge in [0, 0.05) is 23.7 Å². The van der Waals surface area contributed by atoms with Gasteiger partial charge in [0.05, 0.1) is 0 Å². The fourth-order valence-corrected chi connectivity index (χ4v) is 4.22. The van der Waals surface area contributed by atoms with Crippen molar-refractivity contribution in [3.63, 3.8) is 0 Å². The summed E-state index contributed by atoms with van der Waals surface area (Å²) >= 11 is 0. The molecule has 0 amide bonds. The van der Waals surface area contributed by atoms with Gasteiger partial charge in [-0.25, -0.2) is 17.6 Å². The second kappa shape index (κ2) is 6.94. The molecule has 3 rings (SSSR count). The number of aryl methyl sites for hydroxylation is 1. The lowest BCUT2D eigenvalue weighted by Crippen LogP contribution is -2.15. The van der Waals surface area contributed by atoms with E-state index in [4.69, 9.17) is 0 Å². The molecule has 28 heavy (non-hydrogen) atoms. The van der Waals surface area contributed by atoms with E-state index in [1.54, 1.807) is 25.1 Å². The summed E-state index contributed by atoms with van der Waals surface area (Å²) in [7, 11) is 0. The summed E-state index contributed by atoms with van der Waals surface area (Å²) < 4.78 is 54.2. The highest BCUT2D eigenvalue weighted by atomic mass is 19.3. The second-order valence-electron chi connectivity index (χ2n) is 8.49. The maximum atomic E-state index is 14.2. The molecule has 0 saturated heterocycles. The molecule has 0 aromatic heterocycles. The van der Waals surface area contributed by atoms with Crippen molar-refractivity contribution in [1.29, 1.82) is 0 Å². The number of rotatable bonds is 6. The van der Waals surface area contributed by atoms with E-state index in [1.807, 2.05) is 0 Å². The Labute approximate surface area is 163 Å². The summed E-state index contributed by atoms with van der Waals surface area (Å²) in [4.78, 5) is 0. The first-order valence-corrected chi connectivity index (χ1v) is 9.28. The van der Waals surface area contributed by atoms with Crippen molar-refractivity contribution < 1.29 is 17.6 Å². The van der Waals surface area contributed by atoms with E-state index >= 15 is 0 Å². The molecule has 2 atom stereocenters. The van der Waals surface area contributed by atoms with E-state index in [0.717, 1.165) is 18.2 Å². The highest BCUT2D eigenvalue weighted by Crippen LogP contribution is 2.67. The minimum Gasteiger partial charge on any atom is -0.359 e. The van der Waals surface area contributed by atoms with E-state index in [2.05, 4.69) is 25.7 Å². The van der Waals surface area contributed by atoms with Crippen molar-refractivity contribution in [2.45, 2.75) is 46.0 Å². The molecule has 0 spiro atoms. The van der Waals surface area contributed by atoms with Gasteiger partial charge in [-0.05, 0) is 66.1 Å². The monoisotopic (exact) mass is 391 g/mol. The fraction of sp³-hybridized carbons (Fsp3) is 0.391. The second-order valence-corrected chi connectivity index (χ2v) is 8.49. The Kier molecular flexibility index (Phi) is 5.07. The summed E-state index contributed by atoms with van der Waals surface area (Å²) in [5.74, 6) is -3.60. The number of allylic oxidation sites excluding steroid dienone is 1. The van der Waals surface area contributed by atoms with Crippen molar-refractivity contribution in [2.75, 3.05) is 5.32 Å². The lowest BCUT2D eigenvalue weighted by Gasteiger charge is -2.16. The summed E-state index contributed by atoms with van der Waals surface area (Å²) in [6.07, 6.45) is -0.658. The van der Waals surface area contributed by atoms with Crippen molar-refractivity contribution >= 4 is 5.69 Å². The number of anilines is 1. The van der Waals surface area contributed by atoms with Gasteiger partial charge in [0.25, 0.3) is 0 Å². The van der Waals surface area contributed by atoms with Crippen LogP contribution in [0.15, 0.2) is 48.7 Å². The SMILES string of the molecule is C=C(Nc1cc(C)c(F)c(CC(C)(F)F)c1)C1C(c2ccc(F)cc2)C1(C)C. The summed E-state index contributed by atoms with van der Waals surface area (Å²) in [5.41, 5.74) is 2.52. The lowest BCUT2D eigenvalue weighted by atomic mass is 10.0. The van der Waals surface area contributed by atoms with E-state index in [1.165, 1.54) is 18.2 Å². The zero-order valence-corrected chi connectivity index (χ0v) is 16.5. The zero-order chi connectivity index (χ0) is 20.9. The number of alkyl halides is 2. The molecule has 2 unspecified atom stereocenters. The Bertz CT molecular complexity index is 894. The van der Waals surface area contributed by atoms with Gasteiger partial charge in [-0.15, -0.1) is 0 Å². The van der Waals surface area contributed by atoms with Gasteiger partial charge in [0.15, 0.2) is 0 Å². The highest BCUT2D eigenvalue weighted by molar-refractivity contribution is 5.55. The fourth-order valence-electron chi connectivity index (χ4n) is 4.22. The number of nitrogens with one attached hydrogen (secondary N) is 1. The molecule has 0 heterocycles. The quantitative estimate of drug-likeness (QED) is 0.532. The molecule has 1 nitrogen and oxygen atoms in total. The third-order valence-corrected chi connectivity index (χ3v) is 5.57. The van der Waals surface area contributed by atoms with E-state index in [9.17, 15) is 17.6 Å². The Balaban J connectivity index is 1.80. The van der Waals surface area contributed by atoms with E-state index in [0.29, 0.717) is 11.3 Å². The van der Waals surface area contributed by atoms with Crippen molar-refractivity contribution in [1.82, 2.24) is 0 Å². The minimum absolute atomic E-state index is 0.0204. The van der Waals surface area contributed by atoms with Gasteiger partial charge < -0.3 is 5.32 Å². The Morgan fingerprint density at radius 3 is 2.32 bits per heavy atom. The number of benzene rings is 2. The molecule has 2 aromatic rings. The van der Waals surface area contributed by atoms with Crippen LogP contribution in [0.2, 0.25) is 0 Å². The Morgan fingerprint density at radius 1 is 1.14 bits per heavy atom. The van der Waals surface area contributed by atoms with Crippen molar-refractivity contribution in [3.8, 4) is 0 Å². The average Bonchev–Trinajstić information content (AvgIpc) is 3.14. The molecule has 5 heteroatoms. The molecule has 1 aliphatic rings. The van der Waals surface area contributed by atoms with Crippen LogP contribution in [0.1, 0.15) is 43.4 Å². The predicted octanol–water partition coefficient (Wildman–Crippen LogP) is 6.84. The largest absolute Gasteiger partial charge is 0.359 e. The topological polar surface area (TPSA) is 12.0 Å². The number of hydrogen-bond donors (Lipinski definition) is 1. The molecule has 1 aliphatic carbocycles. The lowest BCUT2D eigenvalue weighted by molar-refractivity contribution is 0.0218. The minimum atomic E-state index is -2.99. The molecule has 0 aliphatic heterocycles. The summed E-state index contributed by atoms with van der Waals surface area (Å²) in [6.45, 7) is 10.7. The third kappa shape index (κ3) is 4.08. The van der Waals surface area contributed by atoms with Gasteiger partial charge in [0.1, 0.15) is 11.6 Å². The van der Waals surface area contributed by atoms with Crippen LogP contribution in [0.4, 0.5) is 23.2 Å². The smallest absolute Gasteiger partial charge is 0.249 e. The van der Waals surface area contributed by atoms with E-state index in [-0.39, 0.29) is 28.6 Å². The molecule has 150 valence electrons. The Hall–Kier alpha value is -2.30. The van der Waals surface area contributed by atoms with Gasteiger partial charge in [0.2, 0.25) is 5.92 Å². The van der Waals surface area contributed by atoms with E-state index < -0.39 is 18.2 Å². The predicted molar refractivity (Wildman–Crippen MR) is 105 cm³/mol. The van der Waals surface area contributed by atoms with Crippen molar-refractivity contribution in [3.05, 3.63) is 77.0 Å². The highest BCUT2D eigenvalue weighted by Gasteiger charge is 2.59. The maximum absolute atomic E-state index is 14.2. The molecule has 1 saturated carbocycles. The molecular formula is C23H25F4N. The van der Waals surface area contributed by atoms with Crippen LogP contribution in [0.3, 0.4) is 0 Å². The van der Waals surface area contributed by atoms with Crippen LogP contribution in [0.5, 0.6) is 0 Å². The van der Waals surface area contributed by atoms with Crippen LogP contribution in [-0.2, 0) is 6.42 Å². The van der Waals surface area contributed by atoms with Gasteiger partial charge >= 0.3 is 0 Å². The Morgan fingerprint density at radius 2 is 1.75 bits per heavy atom. The molecule has 1 N–H and O–H groups in total. The van der Waals surface area contributed by atoms with Gasteiger partial charge in [-0.2, -0.15) is 0 Å².